The first-order valence-electron chi connectivity index (χ1n) is 5.12. The van der Waals surface area contributed by atoms with Gasteiger partial charge < -0.3 is 9.84 Å². The highest BCUT2D eigenvalue weighted by Gasteiger charge is 2.22. The number of hydrogen-bond donors (Lipinski definition) is 1. The molecule has 0 aliphatic carbocycles. The second-order valence-electron chi connectivity index (χ2n) is 3.68. The van der Waals surface area contributed by atoms with Crippen LogP contribution in [0.3, 0.4) is 0 Å². The number of rotatable bonds is 7. The van der Waals surface area contributed by atoms with Gasteiger partial charge in [0.25, 0.3) is 0 Å². The summed E-state index contributed by atoms with van der Waals surface area (Å²) in [7, 11) is 0. The van der Waals surface area contributed by atoms with E-state index in [0.29, 0.717) is 6.10 Å². The van der Waals surface area contributed by atoms with Gasteiger partial charge in [0.05, 0.1) is 18.8 Å². The van der Waals surface area contributed by atoms with Crippen LogP contribution >= 0.6 is 0 Å². The molecule has 0 aromatic carbocycles. The molecule has 1 saturated heterocycles. The minimum atomic E-state index is -0.0826. The zero-order valence-electron chi connectivity index (χ0n) is 7.96. The molecule has 1 heterocycles. The van der Waals surface area contributed by atoms with Crippen LogP contribution < -0.4 is 0 Å². The van der Waals surface area contributed by atoms with Crippen LogP contribution in [-0.4, -0.2) is 23.9 Å². The fourth-order valence-electron chi connectivity index (χ4n) is 1.39. The zero-order valence-corrected chi connectivity index (χ0v) is 7.96. The Kier molecular flexibility index (Phi) is 4.62. The van der Waals surface area contributed by atoms with Gasteiger partial charge in [-0.1, -0.05) is 26.2 Å². The quantitative estimate of drug-likeness (QED) is 0.471. The molecule has 1 aliphatic rings. The van der Waals surface area contributed by atoms with Crippen molar-refractivity contribution in [2.24, 2.45) is 0 Å². The number of epoxide rings is 1. The maximum Gasteiger partial charge on any atom is 0.0810 e. The highest BCUT2D eigenvalue weighted by atomic mass is 16.6. The van der Waals surface area contributed by atoms with Crippen molar-refractivity contribution in [3.05, 3.63) is 0 Å². The monoisotopic (exact) mass is 172 g/mol. The van der Waals surface area contributed by atoms with E-state index in [1.165, 1.54) is 19.3 Å². The molecule has 2 unspecified atom stereocenters. The van der Waals surface area contributed by atoms with Gasteiger partial charge in [0, 0.05) is 0 Å². The van der Waals surface area contributed by atoms with Crippen molar-refractivity contribution < 1.29 is 9.84 Å². The van der Waals surface area contributed by atoms with Crippen molar-refractivity contribution in [3.8, 4) is 0 Å². The third-order valence-corrected chi connectivity index (χ3v) is 2.37. The average Bonchev–Trinajstić information content (AvgIpc) is 2.84. The molecule has 0 saturated carbocycles. The van der Waals surface area contributed by atoms with Gasteiger partial charge in [0.15, 0.2) is 0 Å². The molecular formula is C10H20O2. The number of hydrogen-bond acceptors (Lipinski definition) is 2. The van der Waals surface area contributed by atoms with E-state index in [2.05, 4.69) is 6.92 Å². The lowest BCUT2D eigenvalue weighted by Crippen LogP contribution is -2.07. The molecule has 1 fully saturated rings. The first-order valence-corrected chi connectivity index (χ1v) is 5.12. The standard InChI is InChI=1S/C10H20O2/c1-2-3-4-5-9(11)6-7-10-8-12-10/h9-11H,2-8H2,1H3. The van der Waals surface area contributed by atoms with Crippen LogP contribution in [0, 0.1) is 0 Å². The predicted octanol–water partition coefficient (Wildman–Crippen LogP) is 2.11. The summed E-state index contributed by atoms with van der Waals surface area (Å²) in [6.07, 6.45) is 6.99. The van der Waals surface area contributed by atoms with E-state index in [1.54, 1.807) is 0 Å². The molecule has 2 heteroatoms. The molecule has 0 amide bonds. The molecule has 0 radical (unpaired) electrons. The van der Waals surface area contributed by atoms with Gasteiger partial charge in [-0.05, 0) is 19.3 Å². The molecule has 1 N–H and O–H groups in total. The number of aliphatic hydroxyl groups excluding tert-OH is 1. The predicted molar refractivity (Wildman–Crippen MR) is 49.1 cm³/mol. The Balaban J connectivity index is 1.84. The number of unbranched alkanes of at least 4 members (excludes halogenated alkanes) is 2. The minimum Gasteiger partial charge on any atom is -0.393 e. The van der Waals surface area contributed by atoms with E-state index < -0.39 is 0 Å². The van der Waals surface area contributed by atoms with Gasteiger partial charge in [0.1, 0.15) is 0 Å². The van der Waals surface area contributed by atoms with E-state index in [1.807, 2.05) is 0 Å². The van der Waals surface area contributed by atoms with Crippen LogP contribution in [0.5, 0.6) is 0 Å². The van der Waals surface area contributed by atoms with Crippen molar-refractivity contribution in [2.45, 2.75) is 57.7 Å². The molecule has 72 valence electrons. The fourth-order valence-corrected chi connectivity index (χ4v) is 1.39. The first-order chi connectivity index (χ1) is 5.83. The third-order valence-electron chi connectivity index (χ3n) is 2.37. The van der Waals surface area contributed by atoms with Crippen molar-refractivity contribution >= 4 is 0 Å². The summed E-state index contributed by atoms with van der Waals surface area (Å²) in [6, 6.07) is 0. The van der Waals surface area contributed by atoms with E-state index in [-0.39, 0.29) is 6.10 Å². The Labute approximate surface area is 74.9 Å². The smallest absolute Gasteiger partial charge is 0.0810 e. The summed E-state index contributed by atoms with van der Waals surface area (Å²) < 4.78 is 5.07. The van der Waals surface area contributed by atoms with E-state index in [0.717, 1.165) is 25.9 Å². The van der Waals surface area contributed by atoms with Gasteiger partial charge in [-0.25, -0.2) is 0 Å². The summed E-state index contributed by atoms with van der Waals surface area (Å²) in [6.45, 7) is 3.10. The van der Waals surface area contributed by atoms with Crippen molar-refractivity contribution in [1.29, 1.82) is 0 Å². The van der Waals surface area contributed by atoms with Gasteiger partial charge in [-0.3, -0.25) is 0 Å². The Morgan fingerprint density at radius 3 is 2.75 bits per heavy atom. The molecule has 0 aromatic heterocycles. The highest BCUT2D eigenvalue weighted by Crippen LogP contribution is 2.18. The van der Waals surface area contributed by atoms with Crippen LogP contribution in [0.2, 0.25) is 0 Å². The maximum atomic E-state index is 9.50. The van der Waals surface area contributed by atoms with Crippen LogP contribution in [-0.2, 0) is 4.74 Å². The molecule has 0 aromatic rings. The lowest BCUT2D eigenvalue weighted by molar-refractivity contribution is 0.144. The SMILES string of the molecule is CCCCCC(O)CCC1CO1. The van der Waals surface area contributed by atoms with Crippen LogP contribution in [0.1, 0.15) is 45.4 Å². The summed E-state index contributed by atoms with van der Waals surface area (Å²) in [5, 5.41) is 9.50. The van der Waals surface area contributed by atoms with E-state index in [9.17, 15) is 5.11 Å². The normalized spacial score (nSPS) is 24.0. The second kappa shape index (κ2) is 5.55. The largest absolute Gasteiger partial charge is 0.393 e. The Morgan fingerprint density at radius 2 is 2.17 bits per heavy atom. The van der Waals surface area contributed by atoms with Gasteiger partial charge >= 0.3 is 0 Å². The van der Waals surface area contributed by atoms with Crippen LogP contribution in [0.4, 0.5) is 0 Å². The molecule has 1 aliphatic heterocycles. The molecule has 1 rings (SSSR count). The van der Waals surface area contributed by atoms with Crippen molar-refractivity contribution in [2.75, 3.05) is 6.61 Å². The summed E-state index contributed by atoms with van der Waals surface area (Å²) >= 11 is 0. The van der Waals surface area contributed by atoms with Crippen LogP contribution in [0.15, 0.2) is 0 Å². The molecular weight excluding hydrogens is 152 g/mol. The topological polar surface area (TPSA) is 32.8 Å². The number of ether oxygens (including phenoxy) is 1. The molecule has 0 bridgehead atoms. The average molecular weight is 172 g/mol. The lowest BCUT2D eigenvalue weighted by Gasteiger charge is -2.08. The highest BCUT2D eigenvalue weighted by molar-refractivity contribution is 4.70. The maximum absolute atomic E-state index is 9.50. The van der Waals surface area contributed by atoms with Gasteiger partial charge in [-0.15, -0.1) is 0 Å². The lowest BCUT2D eigenvalue weighted by atomic mass is 10.1. The van der Waals surface area contributed by atoms with Crippen molar-refractivity contribution in [3.63, 3.8) is 0 Å². The Morgan fingerprint density at radius 1 is 1.42 bits per heavy atom. The molecule has 12 heavy (non-hydrogen) atoms. The molecule has 0 spiro atoms. The van der Waals surface area contributed by atoms with Crippen molar-refractivity contribution in [1.82, 2.24) is 0 Å². The summed E-state index contributed by atoms with van der Waals surface area (Å²) in [5.74, 6) is 0. The Hall–Kier alpha value is -0.0800. The number of aliphatic hydroxyl groups is 1. The van der Waals surface area contributed by atoms with Crippen LogP contribution in [0.25, 0.3) is 0 Å². The first kappa shape index (κ1) is 10.0. The van der Waals surface area contributed by atoms with Gasteiger partial charge in [0.2, 0.25) is 0 Å². The molecule has 2 nitrogen and oxygen atoms in total. The second-order valence-corrected chi connectivity index (χ2v) is 3.68. The van der Waals surface area contributed by atoms with E-state index in [4.69, 9.17) is 4.74 Å². The minimum absolute atomic E-state index is 0.0826. The zero-order chi connectivity index (χ0) is 8.81. The van der Waals surface area contributed by atoms with E-state index >= 15 is 0 Å². The van der Waals surface area contributed by atoms with Gasteiger partial charge in [-0.2, -0.15) is 0 Å². The summed E-state index contributed by atoms with van der Waals surface area (Å²) in [5.41, 5.74) is 0. The molecule has 2 atom stereocenters. The fraction of sp³-hybridized carbons (Fsp3) is 1.00. The summed E-state index contributed by atoms with van der Waals surface area (Å²) in [4.78, 5) is 0. The third kappa shape index (κ3) is 4.73. The Bertz CT molecular complexity index is 110.